The molecule has 0 spiro atoms. The first-order valence-electron chi connectivity index (χ1n) is 7.77. The Morgan fingerprint density at radius 3 is 2.57 bits per heavy atom. The quantitative estimate of drug-likeness (QED) is 0.609. The molecular formula is C20H21Br. The zero-order valence-corrected chi connectivity index (χ0v) is 14.3. The van der Waals surface area contributed by atoms with Gasteiger partial charge in [-0.2, -0.15) is 0 Å². The van der Waals surface area contributed by atoms with Crippen LogP contribution in [-0.4, -0.2) is 0 Å². The molecule has 0 saturated heterocycles. The summed E-state index contributed by atoms with van der Waals surface area (Å²) in [5.41, 5.74) is 7.18. The minimum atomic E-state index is 0.408. The van der Waals surface area contributed by atoms with Crippen molar-refractivity contribution in [3.05, 3.63) is 75.3 Å². The molecule has 108 valence electrons. The largest absolute Gasteiger partial charge is 0.0690 e. The summed E-state index contributed by atoms with van der Waals surface area (Å²) in [6.45, 7) is 4.48. The molecule has 2 aromatic carbocycles. The van der Waals surface area contributed by atoms with E-state index >= 15 is 0 Å². The SMILES string of the molecule is CCCCc1ccccc1C1C=C(C)c2c(Br)cccc21. The van der Waals surface area contributed by atoms with Crippen molar-refractivity contribution >= 4 is 21.5 Å². The molecule has 0 saturated carbocycles. The lowest BCUT2D eigenvalue weighted by atomic mass is 9.88. The van der Waals surface area contributed by atoms with Gasteiger partial charge in [-0.1, -0.05) is 71.7 Å². The van der Waals surface area contributed by atoms with E-state index in [4.69, 9.17) is 0 Å². The number of hydrogen-bond donors (Lipinski definition) is 0. The predicted octanol–water partition coefficient (Wildman–Crippen LogP) is 6.34. The van der Waals surface area contributed by atoms with Gasteiger partial charge in [-0.3, -0.25) is 0 Å². The van der Waals surface area contributed by atoms with E-state index in [1.807, 2.05) is 0 Å². The molecule has 0 N–H and O–H groups in total. The lowest BCUT2D eigenvalue weighted by molar-refractivity contribution is 0.784. The molecule has 0 radical (unpaired) electrons. The van der Waals surface area contributed by atoms with Gasteiger partial charge in [0, 0.05) is 10.4 Å². The number of hydrogen-bond acceptors (Lipinski definition) is 0. The number of rotatable bonds is 4. The third-order valence-corrected chi connectivity index (χ3v) is 5.04. The molecule has 1 aliphatic carbocycles. The fourth-order valence-corrected chi connectivity index (χ4v) is 4.02. The van der Waals surface area contributed by atoms with Crippen LogP contribution in [-0.2, 0) is 6.42 Å². The number of benzene rings is 2. The fourth-order valence-electron chi connectivity index (χ4n) is 3.33. The summed E-state index contributed by atoms with van der Waals surface area (Å²) in [7, 11) is 0. The van der Waals surface area contributed by atoms with E-state index in [1.54, 1.807) is 0 Å². The second-order valence-electron chi connectivity index (χ2n) is 5.83. The van der Waals surface area contributed by atoms with Crippen LogP contribution in [0.4, 0.5) is 0 Å². The number of allylic oxidation sites excluding steroid dienone is 2. The maximum absolute atomic E-state index is 3.71. The first-order chi connectivity index (χ1) is 10.2. The van der Waals surface area contributed by atoms with E-state index in [2.05, 4.69) is 78.3 Å². The highest BCUT2D eigenvalue weighted by Gasteiger charge is 2.25. The molecular weight excluding hydrogens is 320 g/mol. The van der Waals surface area contributed by atoms with Crippen LogP contribution in [0.25, 0.3) is 5.57 Å². The van der Waals surface area contributed by atoms with Crippen LogP contribution in [0.2, 0.25) is 0 Å². The molecule has 0 nitrogen and oxygen atoms in total. The molecule has 0 aliphatic heterocycles. The van der Waals surface area contributed by atoms with Crippen molar-refractivity contribution in [2.75, 3.05) is 0 Å². The Kier molecular flexibility index (Phi) is 4.30. The van der Waals surface area contributed by atoms with E-state index in [0.29, 0.717) is 5.92 Å². The summed E-state index contributed by atoms with van der Waals surface area (Å²) >= 11 is 3.71. The van der Waals surface area contributed by atoms with Gasteiger partial charge in [0.25, 0.3) is 0 Å². The molecule has 0 aromatic heterocycles. The minimum absolute atomic E-state index is 0.408. The molecule has 0 heterocycles. The number of unbranched alkanes of at least 4 members (excludes halogenated alkanes) is 1. The van der Waals surface area contributed by atoms with Crippen molar-refractivity contribution in [2.45, 2.75) is 39.0 Å². The maximum Gasteiger partial charge on any atom is 0.0284 e. The van der Waals surface area contributed by atoms with Crippen molar-refractivity contribution in [3.8, 4) is 0 Å². The van der Waals surface area contributed by atoms with E-state index in [9.17, 15) is 0 Å². The Labute approximate surface area is 136 Å². The second kappa shape index (κ2) is 6.19. The molecule has 1 aliphatic rings. The van der Waals surface area contributed by atoms with Gasteiger partial charge in [0.15, 0.2) is 0 Å². The van der Waals surface area contributed by atoms with E-state index in [0.717, 1.165) is 0 Å². The van der Waals surface area contributed by atoms with Gasteiger partial charge in [0.1, 0.15) is 0 Å². The molecule has 0 amide bonds. The number of aryl methyl sites for hydroxylation is 1. The van der Waals surface area contributed by atoms with Gasteiger partial charge in [-0.25, -0.2) is 0 Å². The monoisotopic (exact) mass is 340 g/mol. The van der Waals surface area contributed by atoms with Crippen molar-refractivity contribution in [1.29, 1.82) is 0 Å². The Bertz CT molecular complexity index is 682. The summed E-state index contributed by atoms with van der Waals surface area (Å²) < 4.78 is 1.21. The zero-order valence-electron chi connectivity index (χ0n) is 12.7. The lowest BCUT2D eigenvalue weighted by Crippen LogP contribution is -2.01. The Morgan fingerprint density at radius 1 is 1.00 bits per heavy atom. The van der Waals surface area contributed by atoms with Crippen LogP contribution < -0.4 is 0 Å². The van der Waals surface area contributed by atoms with Crippen LogP contribution in [0.15, 0.2) is 53.0 Å². The van der Waals surface area contributed by atoms with E-state index in [-0.39, 0.29) is 0 Å². The normalized spacial score (nSPS) is 16.7. The van der Waals surface area contributed by atoms with Crippen molar-refractivity contribution in [2.24, 2.45) is 0 Å². The lowest BCUT2D eigenvalue weighted by Gasteiger charge is -2.16. The Hall–Kier alpha value is -1.34. The first-order valence-corrected chi connectivity index (χ1v) is 8.56. The first kappa shape index (κ1) is 14.6. The smallest absolute Gasteiger partial charge is 0.0284 e. The summed E-state index contributed by atoms with van der Waals surface area (Å²) in [4.78, 5) is 0. The summed E-state index contributed by atoms with van der Waals surface area (Å²) in [6, 6.07) is 15.5. The van der Waals surface area contributed by atoms with Crippen LogP contribution in [0.5, 0.6) is 0 Å². The highest BCUT2D eigenvalue weighted by Crippen LogP contribution is 2.43. The van der Waals surface area contributed by atoms with Gasteiger partial charge in [-0.15, -0.1) is 0 Å². The molecule has 1 atom stereocenters. The summed E-state index contributed by atoms with van der Waals surface area (Å²) in [5, 5.41) is 0. The average molecular weight is 341 g/mol. The van der Waals surface area contributed by atoms with Crippen molar-refractivity contribution in [3.63, 3.8) is 0 Å². The third-order valence-electron chi connectivity index (χ3n) is 4.38. The predicted molar refractivity (Wildman–Crippen MR) is 94.7 cm³/mol. The van der Waals surface area contributed by atoms with Gasteiger partial charge in [0.2, 0.25) is 0 Å². The Morgan fingerprint density at radius 2 is 1.76 bits per heavy atom. The Balaban J connectivity index is 2.06. The average Bonchev–Trinajstić information content (AvgIpc) is 2.84. The van der Waals surface area contributed by atoms with Crippen molar-refractivity contribution < 1.29 is 0 Å². The maximum atomic E-state index is 3.71. The zero-order chi connectivity index (χ0) is 14.8. The topological polar surface area (TPSA) is 0 Å². The van der Waals surface area contributed by atoms with Gasteiger partial charge >= 0.3 is 0 Å². The van der Waals surface area contributed by atoms with Crippen LogP contribution in [0, 0.1) is 0 Å². The second-order valence-corrected chi connectivity index (χ2v) is 6.69. The van der Waals surface area contributed by atoms with Crippen molar-refractivity contribution in [1.82, 2.24) is 0 Å². The van der Waals surface area contributed by atoms with Crippen LogP contribution in [0.3, 0.4) is 0 Å². The molecule has 3 rings (SSSR count). The molecule has 21 heavy (non-hydrogen) atoms. The molecule has 2 aromatic rings. The standard InChI is InChI=1S/C20H21Br/c1-3-4-8-15-9-5-6-10-16(15)18-13-14(2)20-17(18)11-7-12-19(20)21/h5-7,9-13,18H,3-4,8H2,1-2H3. The highest BCUT2D eigenvalue weighted by molar-refractivity contribution is 9.10. The van der Waals surface area contributed by atoms with Crippen LogP contribution >= 0.6 is 15.9 Å². The summed E-state index contributed by atoms with van der Waals surface area (Å²) in [6.07, 6.45) is 6.10. The number of halogens is 1. The third kappa shape index (κ3) is 2.72. The highest BCUT2D eigenvalue weighted by atomic mass is 79.9. The molecule has 0 bridgehead atoms. The van der Waals surface area contributed by atoms with E-state index in [1.165, 1.54) is 51.6 Å². The minimum Gasteiger partial charge on any atom is -0.0690 e. The van der Waals surface area contributed by atoms with Crippen LogP contribution in [0.1, 0.15) is 54.9 Å². The van der Waals surface area contributed by atoms with Gasteiger partial charge in [-0.05, 0) is 53.7 Å². The number of fused-ring (bicyclic) bond motifs is 1. The molecule has 1 unspecified atom stereocenters. The molecule has 1 heteroatoms. The fraction of sp³-hybridized carbons (Fsp3) is 0.300. The van der Waals surface area contributed by atoms with Gasteiger partial charge in [0.05, 0.1) is 0 Å². The molecule has 0 fully saturated rings. The summed E-state index contributed by atoms with van der Waals surface area (Å²) in [5.74, 6) is 0.408. The van der Waals surface area contributed by atoms with E-state index < -0.39 is 0 Å². The van der Waals surface area contributed by atoms with Gasteiger partial charge < -0.3 is 0 Å².